The van der Waals surface area contributed by atoms with Gasteiger partial charge in [-0.3, -0.25) is 24.0 Å². The Morgan fingerprint density at radius 1 is 0.814 bits per heavy atom. The molecule has 0 saturated heterocycles. The molecule has 0 heterocycles. The molecule has 43 heavy (non-hydrogen) atoms. The number of amides is 4. The van der Waals surface area contributed by atoms with E-state index in [1.54, 1.807) is 0 Å². The van der Waals surface area contributed by atoms with Crippen LogP contribution >= 0.6 is 0 Å². The maximum Gasteiger partial charge on any atom is 0.322 e. The lowest BCUT2D eigenvalue weighted by Gasteiger charge is -2.28. The molecule has 3 rings (SSSR count). The van der Waals surface area contributed by atoms with E-state index < -0.39 is 42.7 Å². The van der Waals surface area contributed by atoms with Crippen LogP contribution in [0.25, 0.3) is 0 Å². The number of hydrogen-bond acceptors (Lipinski definition) is 6. The van der Waals surface area contributed by atoms with Crippen LogP contribution in [0.3, 0.4) is 0 Å². The number of aliphatic carboxylic acids is 1. The summed E-state index contributed by atoms with van der Waals surface area (Å²) in [6.07, 6.45) is 9.30. The highest BCUT2D eigenvalue weighted by atomic mass is 16.4. The van der Waals surface area contributed by atoms with Crippen molar-refractivity contribution in [3.8, 4) is 0 Å². The van der Waals surface area contributed by atoms with Gasteiger partial charge in [0.2, 0.25) is 23.6 Å². The second kappa shape index (κ2) is 17.2. The quantitative estimate of drug-likeness (QED) is 0.229. The molecule has 2 aromatic carbocycles. The summed E-state index contributed by atoms with van der Waals surface area (Å²) in [7, 11) is 0. The summed E-state index contributed by atoms with van der Waals surface area (Å²) in [6.45, 7) is -1.45. The number of rotatable bonds is 16. The normalized spacial score (nSPS) is 13.8. The van der Waals surface area contributed by atoms with Crippen molar-refractivity contribution >= 4 is 29.6 Å². The van der Waals surface area contributed by atoms with Crippen molar-refractivity contribution in [2.75, 3.05) is 45.8 Å². The van der Waals surface area contributed by atoms with E-state index in [-0.39, 0.29) is 44.6 Å². The first-order valence-electron chi connectivity index (χ1n) is 14.2. The van der Waals surface area contributed by atoms with Gasteiger partial charge < -0.3 is 31.3 Å². The maximum absolute atomic E-state index is 13.1. The second-order valence-corrected chi connectivity index (χ2v) is 10.2. The molecular weight excluding hydrogens is 550 g/mol. The van der Waals surface area contributed by atoms with Crippen molar-refractivity contribution < 1.29 is 29.1 Å². The third kappa shape index (κ3) is 11.2. The van der Waals surface area contributed by atoms with Crippen molar-refractivity contribution in [1.29, 1.82) is 0 Å². The summed E-state index contributed by atoms with van der Waals surface area (Å²) in [5.41, 5.74) is 7.62. The number of carbonyl (C=O) groups is 5. The summed E-state index contributed by atoms with van der Waals surface area (Å²) in [6, 6.07) is 19.3. The highest BCUT2D eigenvalue weighted by Crippen LogP contribution is 2.25. The van der Waals surface area contributed by atoms with Gasteiger partial charge in [0.15, 0.2) is 0 Å². The van der Waals surface area contributed by atoms with Crippen molar-refractivity contribution in [1.82, 2.24) is 20.4 Å². The van der Waals surface area contributed by atoms with Crippen LogP contribution in [0.5, 0.6) is 0 Å². The molecular formula is C32H39N5O6. The zero-order chi connectivity index (χ0) is 31.0. The summed E-state index contributed by atoms with van der Waals surface area (Å²) in [5, 5.41) is 13.7. The highest BCUT2D eigenvalue weighted by molar-refractivity contribution is 5.91. The monoisotopic (exact) mass is 589 g/mol. The lowest BCUT2D eigenvalue weighted by molar-refractivity contribution is -0.139. The fraction of sp³-hybridized carbons (Fsp3) is 0.344. The van der Waals surface area contributed by atoms with Gasteiger partial charge in [-0.1, -0.05) is 85.0 Å². The minimum atomic E-state index is -1.20. The number of nitrogens with zero attached hydrogens (tertiary/aromatic N) is 2. The predicted molar refractivity (Wildman–Crippen MR) is 162 cm³/mol. The number of carboxylic acids is 1. The molecule has 0 aromatic heterocycles. The summed E-state index contributed by atoms with van der Waals surface area (Å²) >= 11 is 0. The van der Waals surface area contributed by atoms with Gasteiger partial charge in [0, 0.05) is 19.0 Å². The lowest BCUT2D eigenvalue weighted by Crippen LogP contribution is -2.49. The molecule has 228 valence electrons. The topological polar surface area (TPSA) is 162 Å². The molecule has 1 aliphatic rings. The van der Waals surface area contributed by atoms with E-state index in [4.69, 9.17) is 10.8 Å². The zero-order valence-corrected chi connectivity index (χ0v) is 24.1. The summed E-state index contributed by atoms with van der Waals surface area (Å²) in [5.74, 6) is -3.30. The smallest absolute Gasteiger partial charge is 0.322 e. The third-order valence-electron chi connectivity index (χ3n) is 7.07. The molecule has 11 heteroatoms. The summed E-state index contributed by atoms with van der Waals surface area (Å²) < 4.78 is 0. The third-order valence-corrected chi connectivity index (χ3v) is 7.07. The standard InChI is InChI=1S/C32H39N5O6/c33-18-30(40)37(21-27(25-12-6-2-7-13-25)26-14-8-3-9-15-26)23-29(39)34-19-31(41)36(22-28(38)35-20-32(42)43)17-16-24-10-4-1-5-11-24/h1-10,12-15,24,27H,11,16-23,33H2,(H,34,39)(H,35,38)(H,42,43). The van der Waals surface area contributed by atoms with E-state index in [1.807, 2.05) is 85.0 Å². The lowest BCUT2D eigenvalue weighted by atomic mass is 9.90. The van der Waals surface area contributed by atoms with Gasteiger partial charge in [0.1, 0.15) is 6.54 Å². The van der Waals surface area contributed by atoms with E-state index in [0.717, 1.165) is 17.5 Å². The molecule has 5 N–H and O–H groups in total. The Labute approximate surface area is 251 Å². The van der Waals surface area contributed by atoms with Crippen molar-refractivity contribution in [3.05, 3.63) is 96.1 Å². The molecule has 1 unspecified atom stereocenters. The van der Waals surface area contributed by atoms with Gasteiger partial charge in [-0.2, -0.15) is 0 Å². The van der Waals surface area contributed by atoms with E-state index in [9.17, 15) is 24.0 Å². The number of carboxylic acid groups (broad SMARTS) is 1. The number of benzene rings is 2. The van der Waals surface area contributed by atoms with Gasteiger partial charge in [0.05, 0.1) is 26.2 Å². The predicted octanol–water partition coefficient (Wildman–Crippen LogP) is 1.27. The van der Waals surface area contributed by atoms with Crippen LogP contribution in [0.15, 0.2) is 85.0 Å². The Hall–Kier alpha value is -4.77. The molecule has 0 aliphatic heterocycles. The van der Waals surface area contributed by atoms with Crippen LogP contribution in [0.2, 0.25) is 0 Å². The number of hydrogen-bond donors (Lipinski definition) is 4. The Kier molecular flexibility index (Phi) is 13.1. The van der Waals surface area contributed by atoms with Crippen LogP contribution in [0, 0.1) is 5.92 Å². The van der Waals surface area contributed by atoms with Crippen LogP contribution < -0.4 is 16.4 Å². The van der Waals surface area contributed by atoms with Crippen molar-refractivity contribution in [2.24, 2.45) is 11.7 Å². The van der Waals surface area contributed by atoms with E-state index in [0.29, 0.717) is 6.42 Å². The van der Waals surface area contributed by atoms with Gasteiger partial charge in [-0.05, 0) is 29.9 Å². The van der Waals surface area contributed by atoms with Gasteiger partial charge in [-0.25, -0.2) is 0 Å². The molecule has 1 atom stereocenters. The first kappa shape index (κ1) is 32.7. The Bertz CT molecular complexity index is 1260. The molecule has 2 aromatic rings. The van der Waals surface area contributed by atoms with Crippen LogP contribution in [-0.4, -0.2) is 90.3 Å². The molecule has 0 saturated carbocycles. The molecule has 1 aliphatic carbocycles. The largest absolute Gasteiger partial charge is 0.480 e. The van der Waals surface area contributed by atoms with E-state index in [2.05, 4.69) is 10.6 Å². The minimum Gasteiger partial charge on any atom is -0.480 e. The Balaban J connectivity index is 1.65. The van der Waals surface area contributed by atoms with Crippen molar-refractivity contribution in [3.63, 3.8) is 0 Å². The number of nitrogens with two attached hydrogens (primary N) is 1. The number of nitrogens with one attached hydrogen (secondary N) is 2. The molecule has 0 fully saturated rings. The molecule has 11 nitrogen and oxygen atoms in total. The fourth-order valence-corrected chi connectivity index (χ4v) is 4.76. The van der Waals surface area contributed by atoms with Gasteiger partial charge in [-0.15, -0.1) is 0 Å². The Morgan fingerprint density at radius 3 is 1.93 bits per heavy atom. The first-order valence-corrected chi connectivity index (χ1v) is 14.2. The van der Waals surface area contributed by atoms with Crippen LogP contribution in [0.4, 0.5) is 0 Å². The van der Waals surface area contributed by atoms with E-state index in [1.165, 1.54) is 9.80 Å². The van der Waals surface area contributed by atoms with E-state index >= 15 is 0 Å². The fourth-order valence-electron chi connectivity index (χ4n) is 4.76. The summed E-state index contributed by atoms with van der Waals surface area (Å²) in [4.78, 5) is 64.7. The highest BCUT2D eigenvalue weighted by Gasteiger charge is 2.24. The minimum absolute atomic E-state index is 0.190. The first-order chi connectivity index (χ1) is 20.8. The van der Waals surface area contributed by atoms with Crippen molar-refractivity contribution in [2.45, 2.75) is 18.8 Å². The van der Waals surface area contributed by atoms with Gasteiger partial charge in [0.25, 0.3) is 0 Å². The molecule has 0 spiro atoms. The zero-order valence-electron chi connectivity index (χ0n) is 24.1. The Morgan fingerprint density at radius 2 is 1.40 bits per heavy atom. The molecule has 0 bridgehead atoms. The number of carbonyl (C=O) groups excluding carboxylic acids is 4. The number of allylic oxidation sites excluding steroid dienone is 4. The average molecular weight is 590 g/mol. The van der Waals surface area contributed by atoms with Gasteiger partial charge >= 0.3 is 5.97 Å². The molecule has 0 radical (unpaired) electrons. The van der Waals surface area contributed by atoms with Crippen LogP contribution in [0.1, 0.15) is 29.9 Å². The second-order valence-electron chi connectivity index (χ2n) is 10.2. The van der Waals surface area contributed by atoms with Crippen LogP contribution in [-0.2, 0) is 24.0 Å². The average Bonchev–Trinajstić information content (AvgIpc) is 3.03. The molecule has 4 amide bonds. The maximum atomic E-state index is 13.1. The SMILES string of the molecule is NCC(=O)N(CC(=O)NCC(=O)N(CCC1C=CC=CC1)CC(=O)NCC(=O)O)CC(c1ccccc1)c1ccccc1.